The van der Waals surface area contributed by atoms with E-state index in [2.05, 4.69) is 42.1 Å². The second-order valence-electron chi connectivity index (χ2n) is 6.01. The lowest BCUT2D eigenvalue weighted by Gasteiger charge is -2.39. The summed E-state index contributed by atoms with van der Waals surface area (Å²) in [6, 6.07) is 0.869. The molecule has 1 fully saturated rings. The number of likely N-dealkylation sites (tertiary alicyclic amines) is 1. The maximum atomic E-state index is 6.04. The quantitative estimate of drug-likeness (QED) is 0.853. The number of likely N-dealkylation sites (N-methyl/N-ethyl adjacent to an activating group) is 2. The highest BCUT2D eigenvalue weighted by atomic mass is 15.3. The number of aromatic nitrogens is 2. The van der Waals surface area contributed by atoms with Gasteiger partial charge in [-0.1, -0.05) is 6.92 Å². The van der Waals surface area contributed by atoms with Crippen LogP contribution in [0.3, 0.4) is 0 Å². The lowest BCUT2D eigenvalue weighted by Crippen LogP contribution is -2.47. The molecule has 0 spiro atoms. The van der Waals surface area contributed by atoms with Crippen LogP contribution < -0.4 is 5.73 Å². The Morgan fingerprint density at radius 1 is 1.55 bits per heavy atom. The molecule has 2 N–H and O–H groups in total. The Kier molecular flexibility index (Phi) is 5.57. The molecule has 0 bridgehead atoms. The van der Waals surface area contributed by atoms with Crippen molar-refractivity contribution in [2.45, 2.75) is 44.8 Å². The van der Waals surface area contributed by atoms with Crippen LogP contribution in [0, 0.1) is 0 Å². The molecule has 1 saturated heterocycles. The van der Waals surface area contributed by atoms with E-state index >= 15 is 0 Å². The highest BCUT2D eigenvalue weighted by Crippen LogP contribution is 2.24. The van der Waals surface area contributed by atoms with Crippen LogP contribution >= 0.6 is 0 Å². The van der Waals surface area contributed by atoms with Crippen molar-refractivity contribution in [3.8, 4) is 0 Å². The molecular formula is C15H29N5. The predicted octanol–water partition coefficient (Wildman–Crippen LogP) is 1.32. The van der Waals surface area contributed by atoms with Gasteiger partial charge in [-0.15, -0.1) is 0 Å². The van der Waals surface area contributed by atoms with Gasteiger partial charge in [-0.2, -0.15) is 5.10 Å². The molecule has 1 aromatic rings. The lowest BCUT2D eigenvalue weighted by molar-refractivity contribution is 0.101. The van der Waals surface area contributed by atoms with Crippen LogP contribution in [-0.4, -0.2) is 59.4 Å². The normalized spacial score (nSPS) is 22.4. The van der Waals surface area contributed by atoms with Crippen molar-refractivity contribution in [3.05, 3.63) is 18.0 Å². The van der Waals surface area contributed by atoms with E-state index in [9.17, 15) is 0 Å². The minimum absolute atomic E-state index is 0.275. The van der Waals surface area contributed by atoms with E-state index < -0.39 is 0 Å². The number of rotatable bonds is 6. The minimum atomic E-state index is 0.275. The van der Waals surface area contributed by atoms with Crippen molar-refractivity contribution >= 4 is 0 Å². The van der Waals surface area contributed by atoms with Crippen LogP contribution in [0.2, 0.25) is 0 Å². The number of piperidine rings is 1. The van der Waals surface area contributed by atoms with Crippen molar-refractivity contribution in [3.63, 3.8) is 0 Å². The van der Waals surface area contributed by atoms with Gasteiger partial charge in [0.15, 0.2) is 0 Å². The summed E-state index contributed by atoms with van der Waals surface area (Å²) in [6.07, 6.45) is 7.79. The fourth-order valence-electron chi connectivity index (χ4n) is 3.17. The van der Waals surface area contributed by atoms with E-state index in [-0.39, 0.29) is 6.04 Å². The molecule has 1 aromatic heterocycles. The van der Waals surface area contributed by atoms with Crippen LogP contribution in [0.1, 0.15) is 37.8 Å². The second-order valence-corrected chi connectivity index (χ2v) is 6.01. The smallest absolute Gasteiger partial charge is 0.0538 e. The lowest BCUT2D eigenvalue weighted by atomic mass is 10.0. The first kappa shape index (κ1) is 15.5. The fraction of sp³-hybridized carbons (Fsp3) is 0.800. The Hall–Kier alpha value is -0.910. The average Bonchev–Trinajstić information content (AvgIpc) is 2.88. The van der Waals surface area contributed by atoms with Crippen molar-refractivity contribution in [2.24, 2.45) is 5.73 Å². The van der Waals surface area contributed by atoms with Gasteiger partial charge in [0, 0.05) is 37.4 Å². The minimum Gasteiger partial charge on any atom is -0.329 e. The van der Waals surface area contributed by atoms with Crippen LogP contribution in [0.5, 0.6) is 0 Å². The third-order valence-corrected chi connectivity index (χ3v) is 4.38. The fourth-order valence-corrected chi connectivity index (χ4v) is 3.17. The van der Waals surface area contributed by atoms with Gasteiger partial charge in [0.25, 0.3) is 0 Å². The zero-order valence-electron chi connectivity index (χ0n) is 13.1. The highest BCUT2D eigenvalue weighted by molar-refractivity contribution is 5.12. The predicted molar refractivity (Wildman–Crippen MR) is 82.6 cm³/mol. The first-order valence-electron chi connectivity index (χ1n) is 7.78. The van der Waals surface area contributed by atoms with E-state index in [1.165, 1.54) is 24.9 Å². The van der Waals surface area contributed by atoms with Gasteiger partial charge in [-0.05, 0) is 39.9 Å². The molecular weight excluding hydrogens is 250 g/mol. The number of aryl methyl sites for hydroxylation is 1. The Morgan fingerprint density at radius 3 is 3.00 bits per heavy atom. The van der Waals surface area contributed by atoms with Crippen LogP contribution in [0.4, 0.5) is 0 Å². The molecule has 0 aromatic carbocycles. The SMILES string of the molecule is CCCn1cc(C(CN)N(C)C2CCCN(C)C2)cn1. The summed E-state index contributed by atoms with van der Waals surface area (Å²) in [5, 5.41) is 4.44. The molecule has 0 aliphatic carbocycles. The number of hydrogen-bond acceptors (Lipinski definition) is 4. The van der Waals surface area contributed by atoms with Crippen molar-refractivity contribution < 1.29 is 0 Å². The summed E-state index contributed by atoms with van der Waals surface area (Å²) < 4.78 is 2.03. The maximum Gasteiger partial charge on any atom is 0.0538 e. The first-order chi connectivity index (χ1) is 9.65. The van der Waals surface area contributed by atoms with Crippen molar-refractivity contribution in [2.75, 3.05) is 33.7 Å². The Morgan fingerprint density at radius 2 is 2.35 bits per heavy atom. The van der Waals surface area contributed by atoms with E-state index in [0.717, 1.165) is 19.5 Å². The summed E-state index contributed by atoms with van der Waals surface area (Å²) in [5.41, 5.74) is 7.28. The average molecular weight is 279 g/mol. The molecule has 1 aliphatic heterocycles. The zero-order valence-corrected chi connectivity index (χ0v) is 13.1. The summed E-state index contributed by atoms with van der Waals surface area (Å²) in [7, 11) is 4.41. The molecule has 2 unspecified atom stereocenters. The van der Waals surface area contributed by atoms with Crippen molar-refractivity contribution in [1.29, 1.82) is 0 Å². The number of hydrogen-bond donors (Lipinski definition) is 1. The number of nitrogens with two attached hydrogens (primary N) is 1. The summed E-state index contributed by atoms with van der Waals surface area (Å²) >= 11 is 0. The maximum absolute atomic E-state index is 6.04. The molecule has 114 valence electrons. The van der Waals surface area contributed by atoms with Gasteiger partial charge in [0.2, 0.25) is 0 Å². The summed E-state index contributed by atoms with van der Waals surface area (Å²) in [6.45, 7) is 6.15. The van der Waals surface area contributed by atoms with Gasteiger partial charge in [0.1, 0.15) is 0 Å². The van der Waals surface area contributed by atoms with Crippen molar-refractivity contribution in [1.82, 2.24) is 19.6 Å². The zero-order chi connectivity index (χ0) is 14.5. The van der Waals surface area contributed by atoms with Gasteiger partial charge >= 0.3 is 0 Å². The summed E-state index contributed by atoms with van der Waals surface area (Å²) in [5.74, 6) is 0. The molecule has 5 heteroatoms. The highest BCUT2D eigenvalue weighted by Gasteiger charge is 2.27. The standard InChI is InChI=1S/C15H29N5/c1-4-7-20-11-13(10-17-20)15(9-16)19(3)14-6-5-8-18(2)12-14/h10-11,14-15H,4-9,12,16H2,1-3H3. The molecule has 0 radical (unpaired) electrons. The third-order valence-electron chi connectivity index (χ3n) is 4.38. The number of nitrogens with zero attached hydrogens (tertiary/aromatic N) is 4. The molecule has 20 heavy (non-hydrogen) atoms. The van der Waals surface area contributed by atoms with Crippen LogP contribution in [0.15, 0.2) is 12.4 Å². The summed E-state index contributed by atoms with van der Waals surface area (Å²) in [4.78, 5) is 4.86. The molecule has 0 saturated carbocycles. The first-order valence-corrected chi connectivity index (χ1v) is 7.78. The van der Waals surface area contributed by atoms with E-state index in [4.69, 9.17) is 5.73 Å². The topological polar surface area (TPSA) is 50.3 Å². The van der Waals surface area contributed by atoms with E-state index in [0.29, 0.717) is 12.6 Å². The van der Waals surface area contributed by atoms with Gasteiger partial charge in [-0.3, -0.25) is 9.58 Å². The molecule has 2 rings (SSSR count). The molecule has 5 nitrogen and oxygen atoms in total. The largest absolute Gasteiger partial charge is 0.329 e. The monoisotopic (exact) mass is 279 g/mol. The van der Waals surface area contributed by atoms with E-state index in [1.54, 1.807) is 0 Å². The van der Waals surface area contributed by atoms with E-state index in [1.807, 2.05) is 10.9 Å². The molecule has 2 heterocycles. The van der Waals surface area contributed by atoms with Crippen LogP contribution in [-0.2, 0) is 6.54 Å². The Balaban J connectivity index is 2.05. The Labute approximate surface area is 122 Å². The molecule has 1 aliphatic rings. The van der Waals surface area contributed by atoms with Gasteiger partial charge in [0.05, 0.1) is 12.2 Å². The van der Waals surface area contributed by atoms with Gasteiger partial charge < -0.3 is 10.6 Å². The Bertz CT molecular complexity index is 403. The molecule has 0 amide bonds. The molecule has 2 atom stereocenters. The second kappa shape index (κ2) is 7.20. The third kappa shape index (κ3) is 3.59. The van der Waals surface area contributed by atoms with Crippen LogP contribution in [0.25, 0.3) is 0 Å². The van der Waals surface area contributed by atoms with Gasteiger partial charge in [-0.25, -0.2) is 0 Å².